The van der Waals surface area contributed by atoms with Crippen LogP contribution < -0.4 is 10.1 Å². The highest BCUT2D eigenvalue weighted by atomic mass is 32.1. The SMILES string of the molecule is COc1cc(-n2nc(C(F)(F)F)cc2C(F)(F)F)ccc1NC(=O)c1snnc1C. The van der Waals surface area contributed by atoms with Crippen LogP contribution in [0.1, 0.15) is 26.8 Å². The molecule has 3 rings (SSSR count). The van der Waals surface area contributed by atoms with Crippen LogP contribution in [0.15, 0.2) is 24.3 Å². The number of alkyl halides is 6. The van der Waals surface area contributed by atoms with Gasteiger partial charge in [0.1, 0.15) is 16.3 Å². The molecule has 1 amide bonds. The number of benzene rings is 1. The molecule has 0 fully saturated rings. The highest BCUT2D eigenvalue weighted by Gasteiger charge is 2.42. The Labute approximate surface area is 168 Å². The molecule has 0 atom stereocenters. The molecule has 160 valence electrons. The molecule has 1 N–H and O–H groups in total. The Balaban J connectivity index is 2.02. The third-order valence-electron chi connectivity index (χ3n) is 3.83. The first kappa shape index (κ1) is 21.5. The van der Waals surface area contributed by atoms with E-state index in [0.29, 0.717) is 5.69 Å². The lowest BCUT2D eigenvalue weighted by molar-refractivity contribution is -0.143. The number of hydrogen-bond acceptors (Lipinski definition) is 6. The number of methoxy groups -OCH3 is 1. The number of rotatable bonds is 4. The Bertz CT molecular complexity index is 1090. The summed E-state index contributed by atoms with van der Waals surface area (Å²) in [5, 5.41) is 9.24. The van der Waals surface area contributed by atoms with Crippen molar-refractivity contribution < 1.29 is 35.9 Å². The monoisotopic (exact) mass is 451 g/mol. The molecule has 0 saturated carbocycles. The van der Waals surface area contributed by atoms with E-state index in [1.807, 2.05) is 0 Å². The van der Waals surface area contributed by atoms with E-state index in [2.05, 4.69) is 20.0 Å². The molecule has 14 heteroatoms. The van der Waals surface area contributed by atoms with Gasteiger partial charge in [-0.2, -0.15) is 31.4 Å². The molecule has 0 aliphatic heterocycles. The minimum Gasteiger partial charge on any atom is -0.494 e. The minimum atomic E-state index is -5.09. The van der Waals surface area contributed by atoms with Gasteiger partial charge in [-0.1, -0.05) is 4.49 Å². The van der Waals surface area contributed by atoms with Crippen molar-refractivity contribution in [2.75, 3.05) is 12.4 Å². The third kappa shape index (κ3) is 4.22. The summed E-state index contributed by atoms with van der Waals surface area (Å²) in [5.41, 5.74) is -3.20. The van der Waals surface area contributed by atoms with Crippen molar-refractivity contribution in [1.82, 2.24) is 19.4 Å². The average molecular weight is 451 g/mol. The number of ether oxygens (including phenoxy) is 1. The number of carbonyl (C=O) groups excluding carboxylic acids is 1. The first-order chi connectivity index (χ1) is 13.9. The molecule has 0 radical (unpaired) electrons. The first-order valence-corrected chi connectivity index (χ1v) is 8.72. The number of halogens is 6. The topological polar surface area (TPSA) is 81.9 Å². The van der Waals surface area contributed by atoms with Gasteiger partial charge in [-0.15, -0.1) is 5.10 Å². The van der Waals surface area contributed by atoms with Gasteiger partial charge in [0.15, 0.2) is 5.69 Å². The van der Waals surface area contributed by atoms with E-state index in [-0.39, 0.29) is 32.7 Å². The summed E-state index contributed by atoms with van der Waals surface area (Å²) >= 11 is 0.840. The average Bonchev–Trinajstić information content (AvgIpc) is 3.28. The third-order valence-corrected chi connectivity index (χ3v) is 4.65. The summed E-state index contributed by atoms with van der Waals surface area (Å²) in [6.45, 7) is 1.56. The van der Waals surface area contributed by atoms with Crippen LogP contribution in [0.2, 0.25) is 0 Å². The van der Waals surface area contributed by atoms with Crippen LogP contribution in [-0.4, -0.2) is 32.4 Å². The second kappa shape index (κ2) is 7.59. The van der Waals surface area contributed by atoms with E-state index in [1.54, 1.807) is 6.92 Å². The van der Waals surface area contributed by atoms with Crippen molar-refractivity contribution in [2.45, 2.75) is 19.3 Å². The van der Waals surface area contributed by atoms with Gasteiger partial charge in [-0.25, -0.2) is 4.68 Å². The van der Waals surface area contributed by atoms with Gasteiger partial charge in [0.2, 0.25) is 0 Å². The molecule has 0 bridgehead atoms. The van der Waals surface area contributed by atoms with Crippen LogP contribution >= 0.6 is 11.5 Å². The van der Waals surface area contributed by atoms with Crippen molar-refractivity contribution >= 4 is 23.1 Å². The second-order valence-electron chi connectivity index (χ2n) is 5.85. The van der Waals surface area contributed by atoms with Gasteiger partial charge < -0.3 is 10.1 Å². The maximum absolute atomic E-state index is 13.2. The van der Waals surface area contributed by atoms with E-state index >= 15 is 0 Å². The summed E-state index contributed by atoms with van der Waals surface area (Å²) in [6.07, 6.45) is -10.2. The Hall–Kier alpha value is -3.16. The fourth-order valence-corrected chi connectivity index (χ4v) is 3.00. The molecular weight excluding hydrogens is 440 g/mol. The van der Waals surface area contributed by atoms with Gasteiger partial charge in [-0.05, 0) is 30.6 Å². The fourth-order valence-electron chi connectivity index (χ4n) is 2.45. The highest BCUT2D eigenvalue weighted by molar-refractivity contribution is 7.08. The lowest BCUT2D eigenvalue weighted by Gasteiger charge is -2.14. The minimum absolute atomic E-state index is 0.0795. The van der Waals surface area contributed by atoms with E-state index in [4.69, 9.17) is 4.74 Å². The molecule has 0 aliphatic carbocycles. The van der Waals surface area contributed by atoms with Crippen molar-refractivity contribution in [2.24, 2.45) is 0 Å². The van der Waals surface area contributed by atoms with Crippen LogP contribution in [0.5, 0.6) is 5.75 Å². The van der Waals surface area contributed by atoms with Crippen LogP contribution in [-0.2, 0) is 12.4 Å². The summed E-state index contributed by atoms with van der Waals surface area (Å²) in [4.78, 5) is 12.5. The van der Waals surface area contributed by atoms with E-state index in [1.165, 1.54) is 13.2 Å². The second-order valence-corrected chi connectivity index (χ2v) is 6.60. The number of nitrogens with one attached hydrogen (secondary N) is 1. The predicted molar refractivity (Wildman–Crippen MR) is 92.7 cm³/mol. The fraction of sp³-hybridized carbons (Fsp3) is 0.250. The van der Waals surface area contributed by atoms with Gasteiger partial charge >= 0.3 is 12.4 Å². The normalized spacial score (nSPS) is 12.1. The molecule has 0 aliphatic rings. The number of hydrogen-bond donors (Lipinski definition) is 1. The molecular formula is C16H11F6N5O2S. The summed E-state index contributed by atoms with van der Waals surface area (Å²) < 4.78 is 87.2. The number of amides is 1. The van der Waals surface area contributed by atoms with Gasteiger partial charge in [-0.3, -0.25) is 4.79 Å². The molecule has 2 heterocycles. The Morgan fingerprint density at radius 2 is 1.83 bits per heavy atom. The lowest BCUT2D eigenvalue weighted by atomic mass is 10.2. The van der Waals surface area contributed by atoms with Gasteiger partial charge in [0.25, 0.3) is 5.91 Å². The summed E-state index contributed by atoms with van der Waals surface area (Å²) in [5.74, 6) is -0.670. The zero-order valence-electron chi connectivity index (χ0n) is 15.1. The molecule has 2 aromatic heterocycles. The Morgan fingerprint density at radius 3 is 2.37 bits per heavy atom. The quantitative estimate of drug-likeness (QED) is 0.598. The number of carbonyl (C=O) groups is 1. The van der Waals surface area contributed by atoms with Crippen LogP contribution in [0, 0.1) is 6.92 Å². The summed E-state index contributed by atoms with van der Waals surface area (Å²) in [7, 11) is 1.18. The lowest BCUT2D eigenvalue weighted by Crippen LogP contribution is -2.15. The Morgan fingerprint density at radius 1 is 1.13 bits per heavy atom. The molecule has 0 spiro atoms. The Kier molecular flexibility index (Phi) is 5.45. The molecule has 0 saturated heterocycles. The zero-order chi connectivity index (χ0) is 22.3. The highest BCUT2D eigenvalue weighted by Crippen LogP contribution is 2.37. The number of aryl methyl sites for hydroxylation is 1. The molecule has 1 aromatic carbocycles. The number of nitrogens with zero attached hydrogens (tertiary/aromatic N) is 4. The van der Waals surface area contributed by atoms with Crippen LogP contribution in [0.3, 0.4) is 0 Å². The van der Waals surface area contributed by atoms with Crippen molar-refractivity contribution in [3.63, 3.8) is 0 Å². The number of aromatic nitrogens is 4. The van der Waals surface area contributed by atoms with Crippen LogP contribution in [0.4, 0.5) is 32.0 Å². The maximum Gasteiger partial charge on any atom is 0.435 e. The maximum atomic E-state index is 13.2. The zero-order valence-corrected chi connectivity index (χ0v) is 15.9. The van der Waals surface area contributed by atoms with E-state index in [0.717, 1.165) is 23.7 Å². The molecule has 7 nitrogen and oxygen atoms in total. The van der Waals surface area contributed by atoms with Gasteiger partial charge in [0, 0.05) is 12.1 Å². The molecule has 0 unspecified atom stereocenters. The van der Waals surface area contributed by atoms with Crippen molar-refractivity contribution in [3.8, 4) is 11.4 Å². The largest absolute Gasteiger partial charge is 0.494 e. The van der Waals surface area contributed by atoms with Crippen molar-refractivity contribution in [3.05, 3.63) is 46.2 Å². The van der Waals surface area contributed by atoms with Crippen molar-refractivity contribution in [1.29, 1.82) is 0 Å². The van der Waals surface area contributed by atoms with Gasteiger partial charge in [0.05, 0.1) is 24.2 Å². The standard InChI is InChI=1S/C16H11F6N5O2S/c1-7-13(30-26-24-7)14(28)23-9-4-3-8(5-10(9)29-2)27-12(16(20,21)22)6-11(25-27)15(17,18)19/h3-6H,1-2H3,(H,23,28). The van der Waals surface area contributed by atoms with E-state index in [9.17, 15) is 31.1 Å². The first-order valence-electron chi connectivity index (χ1n) is 7.95. The smallest absolute Gasteiger partial charge is 0.435 e. The summed E-state index contributed by atoms with van der Waals surface area (Å²) in [6, 6.07) is 3.20. The van der Waals surface area contributed by atoms with E-state index < -0.39 is 29.6 Å². The molecule has 30 heavy (non-hydrogen) atoms. The molecule has 3 aromatic rings. The van der Waals surface area contributed by atoms with Crippen LogP contribution in [0.25, 0.3) is 5.69 Å². The number of anilines is 1. The predicted octanol–water partition coefficient (Wildman–Crippen LogP) is 4.33.